The fourth-order valence-electron chi connectivity index (χ4n) is 4.08. The van der Waals surface area contributed by atoms with Gasteiger partial charge in [0.15, 0.2) is 0 Å². The second-order valence-electron chi connectivity index (χ2n) is 8.44. The lowest BCUT2D eigenvalue weighted by Gasteiger charge is -2.37. The molecule has 5 nitrogen and oxygen atoms in total. The summed E-state index contributed by atoms with van der Waals surface area (Å²) in [7, 11) is 0. The maximum atomic E-state index is 14.3. The fraction of sp³-hybridized carbons (Fsp3) is 0.619. The number of anilines is 1. The first-order valence-corrected chi connectivity index (χ1v) is 10.2. The molecule has 1 amide bonds. The molecule has 2 unspecified atom stereocenters. The van der Waals surface area contributed by atoms with Crippen molar-refractivity contribution in [1.82, 2.24) is 4.90 Å². The van der Waals surface area contributed by atoms with E-state index >= 15 is 0 Å². The summed E-state index contributed by atoms with van der Waals surface area (Å²) < 4.78 is 54.6. The Morgan fingerprint density at radius 2 is 1.83 bits per heavy atom. The van der Waals surface area contributed by atoms with Gasteiger partial charge in [-0.2, -0.15) is 13.2 Å². The minimum atomic E-state index is -4.57. The van der Waals surface area contributed by atoms with Gasteiger partial charge >= 0.3 is 12.1 Å². The maximum Gasteiger partial charge on any atom is 0.393 e. The van der Waals surface area contributed by atoms with E-state index in [1.807, 2.05) is 0 Å². The van der Waals surface area contributed by atoms with E-state index in [-0.39, 0.29) is 12.1 Å². The monoisotopic (exact) mass is 430 g/mol. The molecule has 1 saturated carbocycles. The largest absolute Gasteiger partial charge is 0.481 e. The number of aliphatic carboxylic acids is 1. The summed E-state index contributed by atoms with van der Waals surface area (Å²) in [6.07, 6.45) is -1.05. The molecule has 1 saturated heterocycles. The van der Waals surface area contributed by atoms with Crippen molar-refractivity contribution < 1.29 is 32.3 Å². The Hall–Kier alpha value is -2.16. The summed E-state index contributed by atoms with van der Waals surface area (Å²) in [4.78, 5) is 25.8. The number of piperidine rings is 1. The number of halogens is 4. The minimum absolute atomic E-state index is 0.181. The number of amides is 1. The van der Waals surface area contributed by atoms with Crippen molar-refractivity contribution in [3.05, 3.63) is 29.6 Å². The van der Waals surface area contributed by atoms with E-state index in [0.717, 1.165) is 19.4 Å². The van der Waals surface area contributed by atoms with Gasteiger partial charge in [0.1, 0.15) is 11.9 Å². The summed E-state index contributed by atoms with van der Waals surface area (Å²) in [6, 6.07) is 2.41. The van der Waals surface area contributed by atoms with Crippen LogP contribution in [0.25, 0.3) is 0 Å². The van der Waals surface area contributed by atoms with Crippen LogP contribution in [0.1, 0.15) is 44.6 Å². The Kier molecular flexibility index (Phi) is 6.40. The minimum Gasteiger partial charge on any atom is -0.481 e. The van der Waals surface area contributed by atoms with E-state index in [0.29, 0.717) is 44.3 Å². The zero-order valence-electron chi connectivity index (χ0n) is 16.8. The van der Waals surface area contributed by atoms with Crippen LogP contribution in [-0.2, 0) is 16.0 Å². The number of carboxylic acids is 1. The zero-order chi connectivity index (χ0) is 22.1. The molecule has 0 aromatic heterocycles. The van der Waals surface area contributed by atoms with Gasteiger partial charge < -0.3 is 10.4 Å². The number of likely N-dealkylation sites (tertiary alicyclic amines) is 1. The van der Waals surface area contributed by atoms with E-state index < -0.39 is 41.2 Å². The summed E-state index contributed by atoms with van der Waals surface area (Å²) >= 11 is 0. The average Bonchev–Trinajstić information content (AvgIpc) is 3.46. The summed E-state index contributed by atoms with van der Waals surface area (Å²) in [5.41, 5.74) is -0.583. The van der Waals surface area contributed by atoms with Crippen LogP contribution in [0.2, 0.25) is 0 Å². The van der Waals surface area contributed by atoms with Crippen molar-refractivity contribution in [3.8, 4) is 0 Å². The van der Waals surface area contributed by atoms with Gasteiger partial charge in [0.2, 0.25) is 5.91 Å². The van der Waals surface area contributed by atoms with Crippen LogP contribution in [0.3, 0.4) is 0 Å². The molecule has 0 spiro atoms. The van der Waals surface area contributed by atoms with Gasteiger partial charge in [-0.05, 0) is 62.9 Å². The first kappa shape index (κ1) is 22.5. The molecule has 3 rings (SSSR count). The zero-order valence-corrected chi connectivity index (χ0v) is 16.8. The van der Waals surface area contributed by atoms with Crippen LogP contribution in [0.4, 0.5) is 23.2 Å². The molecule has 9 heteroatoms. The number of rotatable bonds is 7. The molecule has 30 heavy (non-hydrogen) atoms. The third-order valence-electron chi connectivity index (χ3n) is 6.18. The number of alkyl halides is 3. The molecule has 0 bridgehead atoms. The van der Waals surface area contributed by atoms with Crippen LogP contribution >= 0.6 is 0 Å². The molecule has 2 fully saturated rings. The lowest BCUT2D eigenvalue weighted by molar-refractivity contribution is -0.189. The Morgan fingerprint density at radius 1 is 1.20 bits per heavy atom. The van der Waals surface area contributed by atoms with Crippen molar-refractivity contribution >= 4 is 17.6 Å². The van der Waals surface area contributed by atoms with E-state index in [4.69, 9.17) is 0 Å². The highest BCUT2D eigenvalue weighted by atomic mass is 19.4. The van der Waals surface area contributed by atoms with E-state index in [1.165, 1.54) is 17.0 Å². The summed E-state index contributed by atoms with van der Waals surface area (Å²) in [6.45, 7) is 1.72. The van der Waals surface area contributed by atoms with E-state index in [1.54, 1.807) is 0 Å². The van der Waals surface area contributed by atoms with Gasteiger partial charge in [-0.15, -0.1) is 0 Å². The first-order valence-electron chi connectivity index (χ1n) is 10.2. The van der Waals surface area contributed by atoms with Crippen molar-refractivity contribution in [1.29, 1.82) is 0 Å². The topological polar surface area (TPSA) is 69.6 Å². The third-order valence-corrected chi connectivity index (χ3v) is 6.18. The van der Waals surface area contributed by atoms with E-state index in [9.17, 15) is 32.3 Å². The molecule has 2 atom stereocenters. The average molecular weight is 430 g/mol. The van der Waals surface area contributed by atoms with Gasteiger partial charge in [0.25, 0.3) is 0 Å². The van der Waals surface area contributed by atoms with Gasteiger partial charge in [-0.1, -0.05) is 19.4 Å². The van der Waals surface area contributed by atoms with Crippen LogP contribution in [0.5, 0.6) is 0 Å². The molecule has 1 aromatic carbocycles. The normalized spacial score (nSPS) is 21.0. The van der Waals surface area contributed by atoms with Gasteiger partial charge in [0, 0.05) is 0 Å². The molecule has 2 aliphatic rings. The standard InChI is InChI=1S/C21H26F4N2O3/c1-13(21(23,24)25)17(27-9-3-2-4-10-27)18(28)26-16-11-14(5-6-15(16)22)12-20(7-8-20)19(29)30/h5-6,11,13,17H,2-4,7-10,12H2,1H3,(H,26,28)(H,29,30). The number of carbonyl (C=O) groups is 2. The first-order chi connectivity index (χ1) is 14.0. The fourth-order valence-corrected chi connectivity index (χ4v) is 4.08. The Bertz CT molecular complexity index is 802. The Morgan fingerprint density at radius 3 is 2.37 bits per heavy atom. The second-order valence-corrected chi connectivity index (χ2v) is 8.44. The van der Waals surface area contributed by atoms with Crippen LogP contribution in [0, 0.1) is 17.2 Å². The molecule has 1 aromatic rings. The molecule has 166 valence electrons. The number of nitrogens with zero attached hydrogens (tertiary/aromatic N) is 1. The van der Waals surface area contributed by atoms with Crippen molar-refractivity contribution in [2.45, 2.75) is 57.7 Å². The Labute approximate surface area is 172 Å². The predicted molar refractivity (Wildman–Crippen MR) is 102 cm³/mol. The Balaban J connectivity index is 1.80. The lowest BCUT2D eigenvalue weighted by atomic mass is 9.95. The molecular formula is C21H26F4N2O3. The highest BCUT2D eigenvalue weighted by Gasteiger charge is 2.50. The molecule has 1 aliphatic heterocycles. The van der Waals surface area contributed by atoms with Gasteiger partial charge in [-0.25, -0.2) is 4.39 Å². The van der Waals surface area contributed by atoms with Crippen molar-refractivity contribution in [2.24, 2.45) is 11.3 Å². The van der Waals surface area contributed by atoms with E-state index in [2.05, 4.69) is 5.32 Å². The molecule has 1 heterocycles. The van der Waals surface area contributed by atoms with Crippen molar-refractivity contribution in [2.75, 3.05) is 18.4 Å². The number of carboxylic acid groups (broad SMARTS) is 1. The SMILES string of the molecule is CC(C(C(=O)Nc1cc(CC2(C(=O)O)CC2)ccc1F)N1CCCCC1)C(F)(F)F. The molecular weight excluding hydrogens is 404 g/mol. The van der Waals surface area contributed by atoms with Crippen LogP contribution in [0.15, 0.2) is 18.2 Å². The van der Waals surface area contributed by atoms with Crippen LogP contribution in [-0.4, -0.2) is 47.2 Å². The number of carbonyl (C=O) groups excluding carboxylic acids is 1. The highest BCUT2D eigenvalue weighted by Crippen LogP contribution is 2.48. The van der Waals surface area contributed by atoms with Gasteiger partial charge in [-0.3, -0.25) is 14.5 Å². The predicted octanol–water partition coefficient (Wildman–Crippen LogP) is 4.22. The summed E-state index contributed by atoms with van der Waals surface area (Å²) in [5, 5.41) is 11.7. The maximum absolute atomic E-state index is 14.3. The third kappa shape index (κ3) is 4.94. The highest BCUT2D eigenvalue weighted by molar-refractivity contribution is 5.95. The molecule has 0 radical (unpaired) electrons. The molecule has 1 aliphatic carbocycles. The lowest BCUT2D eigenvalue weighted by Crippen LogP contribution is -2.53. The smallest absolute Gasteiger partial charge is 0.393 e. The summed E-state index contributed by atoms with van der Waals surface area (Å²) in [5.74, 6) is -4.52. The number of benzene rings is 1. The van der Waals surface area contributed by atoms with Gasteiger partial charge in [0.05, 0.1) is 17.0 Å². The van der Waals surface area contributed by atoms with Crippen molar-refractivity contribution in [3.63, 3.8) is 0 Å². The number of nitrogens with one attached hydrogen (secondary N) is 1. The number of hydrogen-bond acceptors (Lipinski definition) is 3. The second kappa shape index (κ2) is 8.53. The quantitative estimate of drug-likeness (QED) is 0.636. The number of hydrogen-bond donors (Lipinski definition) is 2. The van der Waals surface area contributed by atoms with Crippen LogP contribution < -0.4 is 5.32 Å². The molecule has 2 N–H and O–H groups in total.